The monoisotopic (exact) mass is 934 g/mol. The largest absolute Gasteiger partial charge is 0.207 e. The van der Waals surface area contributed by atoms with E-state index in [4.69, 9.17) is 10.5 Å². The van der Waals surface area contributed by atoms with E-state index < -0.39 is 154 Å². The van der Waals surface area contributed by atoms with Crippen LogP contribution < -0.4 is 21.9 Å². The first-order valence-corrected chi connectivity index (χ1v) is 18.2. The van der Waals surface area contributed by atoms with Crippen molar-refractivity contribution in [2.24, 2.45) is 0 Å². The molecule has 5 aromatic carbocycles. The second-order valence-electron chi connectivity index (χ2n) is 12.4. The molecule has 5 rings (SSSR count). The van der Waals surface area contributed by atoms with Crippen molar-refractivity contribution in [2.45, 2.75) is 0 Å². The van der Waals surface area contributed by atoms with Crippen molar-refractivity contribution in [2.75, 3.05) is 12.0 Å². The summed E-state index contributed by atoms with van der Waals surface area (Å²) in [5.74, 6) is -68.5. The zero-order valence-corrected chi connectivity index (χ0v) is 30.8. The molecule has 25 heteroatoms. The van der Waals surface area contributed by atoms with Crippen molar-refractivity contribution in [3.63, 3.8) is 0 Å². The van der Waals surface area contributed by atoms with E-state index in [0.717, 1.165) is 5.56 Å². The fraction of sp³-hybridized carbons (Fsp3) is 0.0526. The SMILES string of the molecule is C[S+](=O)(C#Cc1ccccc1)CC=C(C#N)C#N.Fc1c(F)c(F)c([B-](c2c(F)c(F)c(F)c(F)c2F)(c2c(F)c(F)c(F)c(F)c2F)c2c(F)c(F)c(F)c(F)c2F)c(F)c1F. The lowest BCUT2D eigenvalue weighted by Crippen LogP contribution is -2.81. The molecule has 0 aromatic heterocycles. The molecule has 0 radical (unpaired) electrons. The minimum Gasteiger partial charge on any atom is -0.207 e. The maximum Gasteiger partial charge on any atom is 0.200 e. The summed E-state index contributed by atoms with van der Waals surface area (Å²) < 4.78 is 306. The summed E-state index contributed by atoms with van der Waals surface area (Å²) in [5, 5.41) is 19.8. The highest BCUT2D eigenvalue weighted by atomic mass is 32.2. The number of allylic oxidation sites excluding steroid dienone is 1. The molecule has 0 aliphatic carbocycles. The van der Waals surface area contributed by atoms with Crippen LogP contribution in [0.15, 0.2) is 42.0 Å². The van der Waals surface area contributed by atoms with E-state index in [1.165, 1.54) is 12.3 Å². The van der Waals surface area contributed by atoms with Crippen LogP contribution in [0.25, 0.3) is 0 Å². The van der Waals surface area contributed by atoms with Gasteiger partial charge in [-0.1, -0.05) is 22.4 Å². The highest BCUT2D eigenvalue weighted by Gasteiger charge is 2.52. The summed E-state index contributed by atoms with van der Waals surface area (Å²) in [6, 6.07) is 12.7. The minimum absolute atomic E-state index is 0.0360. The van der Waals surface area contributed by atoms with Gasteiger partial charge in [-0.05, 0) is 24.1 Å². The van der Waals surface area contributed by atoms with Crippen molar-refractivity contribution in [3.05, 3.63) is 164 Å². The lowest BCUT2D eigenvalue weighted by molar-refractivity contribution is 0.378. The van der Waals surface area contributed by atoms with E-state index in [9.17, 15) is 56.9 Å². The van der Waals surface area contributed by atoms with Gasteiger partial charge < -0.3 is 0 Å². The Balaban J connectivity index is 0.000000405. The third kappa shape index (κ3) is 8.30. The molecule has 0 N–H and O–H groups in total. The highest BCUT2D eigenvalue weighted by Crippen LogP contribution is 2.30. The van der Waals surface area contributed by atoms with Crippen LogP contribution in [0.1, 0.15) is 5.56 Å². The number of nitrogens with zero attached hydrogens (tertiary/aromatic N) is 2. The summed E-state index contributed by atoms with van der Waals surface area (Å²) in [7, 11) is -2.38. The molecule has 3 nitrogen and oxygen atoms in total. The van der Waals surface area contributed by atoms with Crippen LogP contribution in [0.3, 0.4) is 0 Å². The standard InChI is InChI=1S/C24BF20.C14H11N2OS/c26-5-1(6(27)14(35)21(42)13(5)34)25(2-7(28)15(36)22(43)16(37)8(2)29,3-9(30)17(38)23(44)18(39)10(3)31)4-11(32)19(40)24(45)20(41)12(4)33;1-18(17,10-8-14(11-15)12-16)9-7-13-5-3-2-4-6-13/h;2-6,8H,10H2,1H3/q-1;+1. The van der Waals surface area contributed by atoms with Gasteiger partial charge in [0.25, 0.3) is 0 Å². The van der Waals surface area contributed by atoms with Gasteiger partial charge in [-0.2, -0.15) is 10.5 Å². The molecular weight excluding hydrogens is 923 g/mol. The molecule has 0 spiro atoms. The molecule has 0 bridgehead atoms. The molecule has 0 aliphatic heterocycles. The van der Waals surface area contributed by atoms with Gasteiger partial charge in [0.2, 0.25) is 0 Å². The maximum absolute atomic E-state index is 15.4. The molecule has 0 aliphatic rings. The van der Waals surface area contributed by atoms with Crippen LogP contribution in [0.2, 0.25) is 0 Å². The average molecular weight is 934 g/mol. The summed E-state index contributed by atoms with van der Waals surface area (Å²) >= 11 is 0. The molecule has 63 heavy (non-hydrogen) atoms. The van der Waals surface area contributed by atoms with Gasteiger partial charge in [0.1, 0.15) is 82.4 Å². The van der Waals surface area contributed by atoms with E-state index in [-0.39, 0.29) is 11.3 Å². The van der Waals surface area contributed by atoms with E-state index in [1.54, 1.807) is 12.1 Å². The van der Waals surface area contributed by atoms with Gasteiger partial charge >= 0.3 is 0 Å². The molecule has 1 atom stereocenters. The number of nitriles is 2. The third-order valence-electron chi connectivity index (χ3n) is 8.74. The van der Waals surface area contributed by atoms with Crippen molar-refractivity contribution in [1.29, 1.82) is 10.5 Å². The van der Waals surface area contributed by atoms with E-state index in [0.29, 0.717) is 0 Å². The van der Waals surface area contributed by atoms with Gasteiger partial charge in [-0.3, -0.25) is 0 Å². The average Bonchev–Trinajstić information content (AvgIpc) is 3.26. The number of rotatable bonds is 6. The molecule has 0 saturated heterocycles. The first-order valence-electron chi connectivity index (χ1n) is 16.1. The molecule has 0 amide bonds. The topological polar surface area (TPSA) is 64.7 Å². The van der Waals surface area contributed by atoms with Crippen molar-refractivity contribution < 1.29 is 92.0 Å². The van der Waals surface area contributed by atoms with Crippen LogP contribution in [0.4, 0.5) is 87.8 Å². The zero-order valence-electron chi connectivity index (χ0n) is 30.0. The van der Waals surface area contributed by atoms with Crippen molar-refractivity contribution >= 4 is 37.9 Å². The molecule has 0 fully saturated rings. The second-order valence-corrected chi connectivity index (χ2v) is 15.0. The summed E-state index contributed by atoms with van der Waals surface area (Å²) in [5.41, 5.74) is -13.6. The molecule has 0 heterocycles. The summed E-state index contributed by atoms with van der Waals surface area (Å²) in [6.07, 6.45) is -4.33. The van der Waals surface area contributed by atoms with Crippen molar-refractivity contribution in [3.8, 4) is 23.3 Å². The molecule has 328 valence electrons. The Morgan fingerprint density at radius 3 is 0.937 bits per heavy atom. The first-order chi connectivity index (χ1) is 29.3. The van der Waals surface area contributed by atoms with Gasteiger partial charge in [0, 0.05) is 5.56 Å². The summed E-state index contributed by atoms with van der Waals surface area (Å²) in [4.78, 5) is 0. The quantitative estimate of drug-likeness (QED) is 0.0331. The third-order valence-corrected chi connectivity index (χ3v) is 10.1. The van der Waals surface area contributed by atoms with E-state index in [1.807, 2.05) is 30.3 Å². The van der Waals surface area contributed by atoms with Gasteiger partial charge in [-0.25, -0.2) is 87.8 Å². The Morgan fingerprint density at radius 2 is 0.698 bits per heavy atom. The van der Waals surface area contributed by atoms with Crippen LogP contribution in [-0.2, 0) is 14.1 Å². The Morgan fingerprint density at radius 1 is 0.460 bits per heavy atom. The second kappa shape index (κ2) is 18.3. The van der Waals surface area contributed by atoms with Crippen LogP contribution >= 0.6 is 0 Å². The van der Waals surface area contributed by atoms with E-state index in [2.05, 4.69) is 11.2 Å². The number of hydrogen-bond donors (Lipinski definition) is 0. The molecule has 1 unspecified atom stereocenters. The molecular formula is C38H11BF20N2OS. The van der Waals surface area contributed by atoms with Crippen LogP contribution in [0, 0.1) is 150 Å². The Kier molecular flexibility index (Phi) is 14.2. The van der Waals surface area contributed by atoms with Gasteiger partial charge in [0.05, 0.1) is 0 Å². The van der Waals surface area contributed by atoms with Crippen molar-refractivity contribution in [1.82, 2.24) is 0 Å². The Labute approximate surface area is 339 Å². The number of hydrogen-bond acceptors (Lipinski definition) is 3. The Hall–Kier alpha value is -6.81. The lowest BCUT2D eigenvalue weighted by Gasteiger charge is -2.44. The highest BCUT2D eigenvalue weighted by molar-refractivity contribution is 8.06. The number of benzene rings is 5. The van der Waals surface area contributed by atoms with Crippen LogP contribution in [-0.4, -0.2) is 18.2 Å². The Bertz CT molecular complexity index is 2560. The normalized spacial score (nSPS) is 12.0. The maximum atomic E-state index is 15.4. The van der Waals surface area contributed by atoms with Crippen LogP contribution in [0.5, 0.6) is 0 Å². The molecule has 5 aromatic rings. The minimum atomic E-state index is -7.22. The fourth-order valence-electron chi connectivity index (χ4n) is 5.96. The van der Waals surface area contributed by atoms with Gasteiger partial charge in [0.15, 0.2) is 85.0 Å². The first kappa shape index (κ1) is 48.9. The lowest BCUT2D eigenvalue weighted by atomic mass is 9.12. The molecule has 0 saturated carbocycles. The predicted octanol–water partition coefficient (Wildman–Crippen LogP) is 7.94. The fourth-order valence-corrected chi connectivity index (χ4v) is 6.86. The number of halogens is 20. The predicted molar refractivity (Wildman–Crippen MR) is 181 cm³/mol. The van der Waals surface area contributed by atoms with Gasteiger partial charge in [-0.15, -0.1) is 21.9 Å². The smallest absolute Gasteiger partial charge is 0.200 e. The summed E-state index contributed by atoms with van der Waals surface area (Å²) in [6.45, 7) is 0. The zero-order chi connectivity index (χ0) is 47.8. The van der Waals surface area contributed by atoms with E-state index >= 15 is 35.1 Å².